The van der Waals surface area contributed by atoms with E-state index >= 15 is 0 Å². The predicted molar refractivity (Wildman–Crippen MR) is 80.8 cm³/mol. The maximum atomic E-state index is 11.6. The van der Waals surface area contributed by atoms with E-state index in [4.69, 9.17) is 28.5 Å². The van der Waals surface area contributed by atoms with Crippen molar-refractivity contribution in [2.75, 3.05) is 11.1 Å². The fourth-order valence-electron chi connectivity index (χ4n) is 1.19. The molecule has 1 aromatic carbocycles. The molecule has 19 heavy (non-hydrogen) atoms. The van der Waals surface area contributed by atoms with Gasteiger partial charge in [-0.05, 0) is 24.6 Å². The van der Waals surface area contributed by atoms with Gasteiger partial charge in [0, 0.05) is 0 Å². The lowest BCUT2D eigenvalue weighted by molar-refractivity contribution is -0.113. The van der Waals surface area contributed by atoms with E-state index in [0.717, 1.165) is 17.3 Å². The van der Waals surface area contributed by atoms with Crippen LogP contribution in [0, 0.1) is 12.3 Å². The molecule has 6 N–H and O–H groups in total. The minimum atomic E-state index is -0.286. The van der Waals surface area contributed by atoms with Gasteiger partial charge in [-0.1, -0.05) is 29.4 Å². The molecule has 102 valence electrons. The van der Waals surface area contributed by atoms with Crippen LogP contribution in [0.1, 0.15) is 5.56 Å². The summed E-state index contributed by atoms with van der Waals surface area (Å²) < 4.78 is 0. The molecule has 1 amide bonds. The Morgan fingerprint density at radius 1 is 1.53 bits per heavy atom. The Morgan fingerprint density at radius 2 is 2.21 bits per heavy atom. The van der Waals surface area contributed by atoms with Gasteiger partial charge < -0.3 is 16.8 Å². The van der Waals surface area contributed by atoms with E-state index < -0.39 is 0 Å². The molecular formula is C11H14ClN5OS. The third-order valence-corrected chi connectivity index (χ3v) is 3.05. The summed E-state index contributed by atoms with van der Waals surface area (Å²) in [5.74, 6) is -0.467. The molecule has 8 heteroatoms. The van der Waals surface area contributed by atoms with Crippen molar-refractivity contribution in [3.8, 4) is 0 Å². The number of aliphatic imine (C=N–C) groups is 1. The Labute approximate surface area is 120 Å². The van der Waals surface area contributed by atoms with Gasteiger partial charge in [0.2, 0.25) is 5.91 Å². The summed E-state index contributed by atoms with van der Waals surface area (Å²) in [6, 6.07) is 5.32. The summed E-state index contributed by atoms with van der Waals surface area (Å²) in [6.45, 7) is 1.91. The molecule has 0 radical (unpaired) electrons. The Kier molecular flexibility index (Phi) is 5.65. The molecule has 0 heterocycles. The highest BCUT2D eigenvalue weighted by Crippen LogP contribution is 2.22. The molecule has 0 atom stereocenters. The van der Waals surface area contributed by atoms with Crippen molar-refractivity contribution < 1.29 is 4.79 Å². The number of hydrogen-bond acceptors (Lipinski definition) is 3. The molecule has 0 fully saturated rings. The van der Waals surface area contributed by atoms with Crippen molar-refractivity contribution >= 4 is 46.1 Å². The molecule has 1 aromatic rings. The van der Waals surface area contributed by atoms with Crippen LogP contribution in [0.3, 0.4) is 0 Å². The van der Waals surface area contributed by atoms with Crippen LogP contribution in [0.25, 0.3) is 0 Å². The van der Waals surface area contributed by atoms with Gasteiger partial charge in [-0.3, -0.25) is 10.2 Å². The highest BCUT2D eigenvalue weighted by Gasteiger charge is 2.07. The molecule has 6 nitrogen and oxygen atoms in total. The smallest absolute Gasteiger partial charge is 0.234 e. The maximum Gasteiger partial charge on any atom is 0.234 e. The first-order valence-electron chi connectivity index (χ1n) is 5.25. The number of aryl methyl sites for hydroxylation is 1. The standard InChI is InChI=1S/C11H14ClN5OS/c1-6-2-3-8(7(12)4-6)16-9(18)5-19-11(15)17-10(13)14/h2-4H,5H2,1H3,(H,16,18)(H5,13,14,15,17). The second kappa shape index (κ2) is 7.01. The number of halogens is 1. The van der Waals surface area contributed by atoms with Gasteiger partial charge in [-0.2, -0.15) is 4.99 Å². The molecule has 0 aromatic heterocycles. The number of guanidine groups is 1. The number of carbonyl (C=O) groups is 1. The molecule has 0 saturated carbocycles. The van der Waals surface area contributed by atoms with E-state index in [1.165, 1.54) is 0 Å². The minimum Gasteiger partial charge on any atom is -0.370 e. The van der Waals surface area contributed by atoms with Crippen LogP contribution in [-0.4, -0.2) is 22.8 Å². The van der Waals surface area contributed by atoms with E-state index in [1.54, 1.807) is 12.1 Å². The van der Waals surface area contributed by atoms with E-state index in [-0.39, 0.29) is 22.8 Å². The van der Waals surface area contributed by atoms with E-state index in [2.05, 4.69) is 10.3 Å². The molecular weight excluding hydrogens is 286 g/mol. The summed E-state index contributed by atoms with van der Waals surface area (Å²) in [4.78, 5) is 15.1. The van der Waals surface area contributed by atoms with Crippen molar-refractivity contribution in [2.45, 2.75) is 6.92 Å². The molecule has 0 spiro atoms. The number of amides is 1. The number of thioether (sulfide) groups is 1. The van der Waals surface area contributed by atoms with Crippen LogP contribution in [0.5, 0.6) is 0 Å². The summed E-state index contributed by atoms with van der Waals surface area (Å²) in [5, 5.41) is 10.4. The fourth-order valence-corrected chi connectivity index (χ4v) is 1.98. The van der Waals surface area contributed by atoms with Crippen LogP contribution in [-0.2, 0) is 4.79 Å². The van der Waals surface area contributed by atoms with Gasteiger partial charge in [0.05, 0.1) is 16.5 Å². The second-order valence-electron chi connectivity index (χ2n) is 3.66. The zero-order chi connectivity index (χ0) is 14.4. The Bertz CT molecular complexity index is 528. The van der Waals surface area contributed by atoms with E-state index in [0.29, 0.717) is 10.7 Å². The summed E-state index contributed by atoms with van der Waals surface area (Å²) in [6.07, 6.45) is 0. The largest absolute Gasteiger partial charge is 0.370 e. The Morgan fingerprint density at radius 3 is 2.79 bits per heavy atom. The normalized spacial score (nSPS) is 9.79. The lowest BCUT2D eigenvalue weighted by Gasteiger charge is -2.07. The SMILES string of the molecule is Cc1ccc(NC(=O)CSC(=N)N=C(N)N)c(Cl)c1. The van der Waals surface area contributed by atoms with Gasteiger partial charge in [-0.25, -0.2) is 0 Å². The molecule has 0 aliphatic heterocycles. The van der Waals surface area contributed by atoms with Crippen LogP contribution < -0.4 is 16.8 Å². The molecule has 1 rings (SSSR count). The first kappa shape index (κ1) is 15.3. The van der Waals surface area contributed by atoms with Crippen LogP contribution in [0.15, 0.2) is 23.2 Å². The van der Waals surface area contributed by atoms with Gasteiger partial charge in [-0.15, -0.1) is 0 Å². The van der Waals surface area contributed by atoms with Gasteiger partial charge in [0.15, 0.2) is 11.1 Å². The topological polar surface area (TPSA) is 117 Å². The number of hydrogen-bond donors (Lipinski definition) is 4. The highest BCUT2D eigenvalue weighted by molar-refractivity contribution is 8.14. The second-order valence-corrected chi connectivity index (χ2v) is 5.03. The number of amidine groups is 1. The van der Waals surface area contributed by atoms with Gasteiger partial charge >= 0.3 is 0 Å². The number of anilines is 1. The first-order chi connectivity index (χ1) is 8.88. The molecule has 0 aliphatic rings. The van der Waals surface area contributed by atoms with Crippen molar-refractivity contribution in [1.29, 1.82) is 5.41 Å². The average molecular weight is 300 g/mol. The third kappa shape index (κ3) is 5.62. The van der Waals surface area contributed by atoms with Gasteiger partial charge in [0.25, 0.3) is 0 Å². The number of carbonyl (C=O) groups excluding carboxylic acids is 1. The van der Waals surface area contributed by atoms with Crippen molar-refractivity contribution in [3.63, 3.8) is 0 Å². The van der Waals surface area contributed by atoms with Crippen LogP contribution >= 0.6 is 23.4 Å². The number of nitrogens with one attached hydrogen (secondary N) is 2. The average Bonchev–Trinajstić information content (AvgIpc) is 2.29. The number of benzene rings is 1. The zero-order valence-electron chi connectivity index (χ0n) is 10.2. The zero-order valence-corrected chi connectivity index (χ0v) is 11.8. The lowest BCUT2D eigenvalue weighted by Crippen LogP contribution is -2.24. The summed E-state index contributed by atoms with van der Waals surface area (Å²) in [5.41, 5.74) is 11.8. The Balaban J connectivity index is 2.52. The maximum absolute atomic E-state index is 11.6. The number of nitrogens with zero attached hydrogens (tertiary/aromatic N) is 1. The first-order valence-corrected chi connectivity index (χ1v) is 6.62. The molecule has 0 unspecified atom stereocenters. The van der Waals surface area contributed by atoms with Crippen LogP contribution in [0.4, 0.5) is 5.69 Å². The quantitative estimate of drug-likeness (QED) is 0.500. The number of nitrogens with two attached hydrogens (primary N) is 2. The van der Waals surface area contributed by atoms with Crippen LogP contribution in [0.2, 0.25) is 5.02 Å². The summed E-state index contributed by atoms with van der Waals surface area (Å²) in [7, 11) is 0. The minimum absolute atomic E-state index is 0.0276. The van der Waals surface area contributed by atoms with E-state index in [9.17, 15) is 4.79 Å². The summed E-state index contributed by atoms with van der Waals surface area (Å²) >= 11 is 6.91. The van der Waals surface area contributed by atoms with Crippen molar-refractivity contribution in [2.24, 2.45) is 16.5 Å². The molecule has 0 aliphatic carbocycles. The van der Waals surface area contributed by atoms with Gasteiger partial charge in [0.1, 0.15) is 0 Å². The molecule has 0 bridgehead atoms. The highest BCUT2D eigenvalue weighted by atomic mass is 35.5. The third-order valence-electron chi connectivity index (χ3n) is 1.97. The van der Waals surface area contributed by atoms with Crippen molar-refractivity contribution in [1.82, 2.24) is 0 Å². The van der Waals surface area contributed by atoms with Crippen molar-refractivity contribution in [3.05, 3.63) is 28.8 Å². The Hall–Kier alpha value is -1.73. The monoisotopic (exact) mass is 299 g/mol. The molecule has 0 saturated heterocycles. The fraction of sp³-hybridized carbons (Fsp3) is 0.182. The lowest BCUT2D eigenvalue weighted by atomic mass is 10.2. The predicted octanol–water partition coefficient (Wildman–Crippen LogP) is 1.53. The van der Waals surface area contributed by atoms with E-state index in [1.807, 2.05) is 13.0 Å². The number of rotatable bonds is 3.